The highest BCUT2D eigenvalue weighted by Gasteiger charge is 2.06. The van der Waals surface area contributed by atoms with Crippen LogP contribution in [0.3, 0.4) is 0 Å². The molecule has 0 spiro atoms. The Morgan fingerprint density at radius 2 is 2.40 bits per heavy atom. The fourth-order valence-electron chi connectivity index (χ4n) is 1.13. The van der Waals surface area contributed by atoms with E-state index in [4.69, 9.17) is 16.0 Å². The second-order valence-corrected chi connectivity index (χ2v) is 4.70. The molecule has 0 N–H and O–H groups in total. The summed E-state index contributed by atoms with van der Waals surface area (Å²) in [5, 5.41) is 1.34. The topological polar surface area (TPSA) is 26.0 Å². The summed E-state index contributed by atoms with van der Waals surface area (Å²) in [6.07, 6.45) is 0. The number of oxazole rings is 1. The van der Waals surface area contributed by atoms with Crippen LogP contribution in [0.1, 0.15) is 6.92 Å². The van der Waals surface area contributed by atoms with E-state index < -0.39 is 0 Å². The summed E-state index contributed by atoms with van der Waals surface area (Å²) in [5.74, 6) is 0.820. The number of aromatic nitrogens is 1. The number of nitrogens with zero attached hydrogens (tertiary/aromatic N) is 1. The lowest BCUT2D eigenvalue weighted by Gasteiger charge is -1.92. The standard InChI is InChI=1S/C11H10ClNOS/c1-7(2)6-15-11-13-9-5-8(12)3-4-10(9)14-11/h3-5H,1,6H2,2H3. The van der Waals surface area contributed by atoms with Gasteiger partial charge in [-0.2, -0.15) is 0 Å². The molecule has 0 unspecified atom stereocenters. The maximum atomic E-state index is 5.85. The Morgan fingerprint density at radius 1 is 1.60 bits per heavy atom. The van der Waals surface area contributed by atoms with Crippen molar-refractivity contribution in [2.75, 3.05) is 5.75 Å². The van der Waals surface area contributed by atoms with Gasteiger partial charge in [0.25, 0.3) is 5.22 Å². The number of benzene rings is 1. The molecule has 0 saturated heterocycles. The first kappa shape index (κ1) is 10.6. The van der Waals surface area contributed by atoms with Crippen molar-refractivity contribution in [2.45, 2.75) is 12.1 Å². The van der Waals surface area contributed by atoms with Crippen molar-refractivity contribution in [3.8, 4) is 0 Å². The average molecular weight is 240 g/mol. The first-order chi connectivity index (χ1) is 7.15. The molecule has 1 aromatic heterocycles. The highest BCUT2D eigenvalue weighted by Crippen LogP contribution is 2.26. The fourth-order valence-corrected chi connectivity index (χ4v) is 1.97. The maximum Gasteiger partial charge on any atom is 0.257 e. The number of halogens is 1. The van der Waals surface area contributed by atoms with Crippen molar-refractivity contribution < 1.29 is 4.42 Å². The van der Waals surface area contributed by atoms with Crippen molar-refractivity contribution in [3.63, 3.8) is 0 Å². The van der Waals surface area contributed by atoms with Gasteiger partial charge in [-0.25, -0.2) is 4.98 Å². The summed E-state index contributed by atoms with van der Waals surface area (Å²) in [7, 11) is 0. The van der Waals surface area contributed by atoms with Crippen LogP contribution in [0.5, 0.6) is 0 Å². The number of fused-ring (bicyclic) bond motifs is 1. The SMILES string of the molecule is C=C(C)CSc1nc2cc(Cl)ccc2o1. The Labute approximate surface area is 97.3 Å². The van der Waals surface area contributed by atoms with Crippen LogP contribution >= 0.6 is 23.4 Å². The Hall–Kier alpha value is -0.930. The van der Waals surface area contributed by atoms with E-state index in [1.807, 2.05) is 13.0 Å². The predicted octanol–water partition coefficient (Wildman–Crippen LogP) is 4.15. The second kappa shape index (κ2) is 4.29. The molecule has 0 atom stereocenters. The van der Waals surface area contributed by atoms with E-state index in [1.54, 1.807) is 12.1 Å². The Kier molecular flexibility index (Phi) is 3.03. The number of hydrogen-bond donors (Lipinski definition) is 0. The predicted molar refractivity (Wildman–Crippen MR) is 64.6 cm³/mol. The third-order valence-corrected chi connectivity index (χ3v) is 3.07. The summed E-state index contributed by atoms with van der Waals surface area (Å²) in [4.78, 5) is 4.32. The van der Waals surface area contributed by atoms with Gasteiger partial charge in [-0.15, -0.1) is 0 Å². The zero-order chi connectivity index (χ0) is 10.8. The van der Waals surface area contributed by atoms with Gasteiger partial charge in [0, 0.05) is 10.8 Å². The minimum absolute atomic E-state index is 0.662. The normalized spacial score (nSPS) is 10.8. The van der Waals surface area contributed by atoms with Crippen molar-refractivity contribution in [1.29, 1.82) is 0 Å². The van der Waals surface area contributed by atoms with E-state index in [0.29, 0.717) is 10.2 Å². The molecule has 1 heterocycles. The Balaban J connectivity index is 2.27. The minimum Gasteiger partial charge on any atom is -0.431 e. The lowest BCUT2D eigenvalue weighted by atomic mass is 10.3. The number of thioether (sulfide) groups is 1. The second-order valence-electron chi connectivity index (χ2n) is 3.34. The Morgan fingerprint density at radius 3 is 3.13 bits per heavy atom. The molecule has 4 heteroatoms. The van der Waals surface area contributed by atoms with Gasteiger partial charge in [-0.1, -0.05) is 35.5 Å². The van der Waals surface area contributed by atoms with Gasteiger partial charge in [0.2, 0.25) is 0 Å². The van der Waals surface area contributed by atoms with Gasteiger partial charge < -0.3 is 4.42 Å². The fraction of sp³-hybridized carbons (Fsp3) is 0.182. The highest BCUT2D eigenvalue weighted by atomic mass is 35.5. The zero-order valence-electron chi connectivity index (χ0n) is 8.29. The molecular weight excluding hydrogens is 230 g/mol. The summed E-state index contributed by atoms with van der Waals surface area (Å²) >= 11 is 7.39. The van der Waals surface area contributed by atoms with Gasteiger partial charge >= 0.3 is 0 Å². The van der Waals surface area contributed by atoms with E-state index in [2.05, 4.69) is 11.6 Å². The van der Waals surface area contributed by atoms with Crippen molar-refractivity contribution >= 4 is 34.5 Å². The largest absolute Gasteiger partial charge is 0.431 e. The first-order valence-electron chi connectivity index (χ1n) is 4.48. The van der Waals surface area contributed by atoms with Crippen LogP contribution < -0.4 is 0 Å². The molecule has 78 valence electrons. The molecule has 0 aliphatic heterocycles. The summed E-state index contributed by atoms with van der Waals surface area (Å²) < 4.78 is 5.53. The molecule has 2 aromatic rings. The maximum absolute atomic E-state index is 5.85. The molecule has 2 nitrogen and oxygen atoms in total. The third-order valence-electron chi connectivity index (χ3n) is 1.77. The molecule has 0 amide bonds. The van der Waals surface area contributed by atoms with Crippen LogP contribution in [0, 0.1) is 0 Å². The molecular formula is C11H10ClNOS. The molecule has 0 aliphatic rings. The van der Waals surface area contributed by atoms with Crippen LogP contribution in [0.25, 0.3) is 11.1 Å². The smallest absolute Gasteiger partial charge is 0.257 e. The molecule has 1 aromatic carbocycles. The lowest BCUT2D eigenvalue weighted by Crippen LogP contribution is -1.78. The van der Waals surface area contributed by atoms with Gasteiger partial charge in [-0.05, 0) is 25.1 Å². The molecule has 15 heavy (non-hydrogen) atoms. The molecule has 0 aliphatic carbocycles. The average Bonchev–Trinajstić information content (AvgIpc) is 2.56. The summed E-state index contributed by atoms with van der Waals surface area (Å²) in [5.41, 5.74) is 2.66. The summed E-state index contributed by atoms with van der Waals surface area (Å²) in [6.45, 7) is 5.81. The van der Waals surface area contributed by atoms with Crippen LogP contribution in [0.2, 0.25) is 5.02 Å². The molecule has 0 bridgehead atoms. The van der Waals surface area contributed by atoms with Crippen LogP contribution in [0.15, 0.2) is 40.0 Å². The van der Waals surface area contributed by atoms with E-state index >= 15 is 0 Å². The minimum atomic E-state index is 0.662. The van der Waals surface area contributed by atoms with Crippen molar-refractivity contribution in [2.24, 2.45) is 0 Å². The van der Waals surface area contributed by atoms with Gasteiger partial charge in [-0.3, -0.25) is 0 Å². The van der Waals surface area contributed by atoms with Gasteiger partial charge in [0.15, 0.2) is 5.58 Å². The monoisotopic (exact) mass is 239 g/mol. The van der Waals surface area contributed by atoms with Crippen molar-refractivity contribution in [1.82, 2.24) is 4.98 Å². The van der Waals surface area contributed by atoms with Crippen molar-refractivity contribution in [3.05, 3.63) is 35.4 Å². The van der Waals surface area contributed by atoms with Gasteiger partial charge in [0.05, 0.1) is 0 Å². The molecule has 0 saturated carbocycles. The summed E-state index contributed by atoms with van der Waals surface area (Å²) in [6, 6.07) is 5.42. The molecule has 0 fully saturated rings. The Bertz CT molecular complexity index is 506. The van der Waals surface area contributed by atoms with E-state index in [1.165, 1.54) is 11.8 Å². The first-order valence-corrected chi connectivity index (χ1v) is 5.85. The van der Waals surface area contributed by atoms with E-state index in [-0.39, 0.29) is 0 Å². The quantitative estimate of drug-likeness (QED) is 0.595. The third kappa shape index (κ3) is 2.55. The van der Waals surface area contributed by atoms with Crippen LogP contribution in [-0.2, 0) is 0 Å². The van der Waals surface area contributed by atoms with Crippen LogP contribution in [-0.4, -0.2) is 10.7 Å². The van der Waals surface area contributed by atoms with E-state index in [9.17, 15) is 0 Å². The zero-order valence-corrected chi connectivity index (χ0v) is 9.86. The lowest BCUT2D eigenvalue weighted by molar-refractivity contribution is 0.490. The van der Waals surface area contributed by atoms with Gasteiger partial charge in [0.1, 0.15) is 5.52 Å². The van der Waals surface area contributed by atoms with Crippen LogP contribution in [0.4, 0.5) is 0 Å². The van der Waals surface area contributed by atoms with E-state index in [0.717, 1.165) is 22.4 Å². The number of rotatable bonds is 3. The highest BCUT2D eigenvalue weighted by molar-refractivity contribution is 7.99. The number of hydrogen-bond acceptors (Lipinski definition) is 3. The molecule has 2 rings (SSSR count). The molecule has 0 radical (unpaired) electrons.